The zero-order valence-electron chi connectivity index (χ0n) is 12.9. The van der Waals surface area contributed by atoms with E-state index in [1.54, 1.807) is 24.3 Å². The number of carbonyl (C=O) groups is 1. The third-order valence-electron chi connectivity index (χ3n) is 4.42. The van der Waals surface area contributed by atoms with Crippen molar-refractivity contribution in [2.75, 3.05) is 13.1 Å². The minimum atomic E-state index is -0.531. The fourth-order valence-corrected chi connectivity index (χ4v) is 3.28. The first kappa shape index (κ1) is 16.0. The van der Waals surface area contributed by atoms with E-state index in [1.165, 1.54) is 0 Å². The maximum Gasteiger partial charge on any atom is 0.253 e. The normalized spacial score (nSPS) is 19.4. The van der Waals surface area contributed by atoms with Crippen molar-refractivity contribution in [3.8, 4) is 0 Å². The van der Waals surface area contributed by atoms with Gasteiger partial charge in [0.25, 0.3) is 5.91 Å². The molecule has 1 saturated heterocycles. The van der Waals surface area contributed by atoms with Gasteiger partial charge in [0.05, 0.1) is 6.10 Å². The summed E-state index contributed by atoms with van der Waals surface area (Å²) in [4.78, 5) is 14.5. The monoisotopic (exact) mass is 329 g/mol. The average molecular weight is 330 g/mol. The molecule has 1 amide bonds. The first-order valence-electron chi connectivity index (χ1n) is 7.93. The number of likely N-dealkylation sites (tertiary alicyclic amines) is 1. The van der Waals surface area contributed by atoms with Crippen LogP contribution in [0.5, 0.6) is 0 Å². The van der Waals surface area contributed by atoms with Gasteiger partial charge >= 0.3 is 0 Å². The molecule has 23 heavy (non-hydrogen) atoms. The molecule has 2 aromatic rings. The van der Waals surface area contributed by atoms with E-state index in [-0.39, 0.29) is 11.8 Å². The van der Waals surface area contributed by atoms with Gasteiger partial charge in [-0.25, -0.2) is 0 Å². The predicted octanol–water partition coefficient (Wildman–Crippen LogP) is 3.93. The van der Waals surface area contributed by atoms with E-state index in [0.29, 0.717) is 17.1 Å². The summed E-state index contributed by atoms with van der Waals surface area (Å²) in [7, 11) is 0. The summed E-state index contributed by atoms with van der Waals surface area (Å²) in [6.45, 7) is 1.32. The van der Waals surface area contributed by atoms with Gasteiger partial charge in [0.1, 0.15) is 0 Å². The molecule has 1 heterocycles. The summed E-state index contributed by atoms with van der Waals surface area (Å²) < 4.78 is 0. The molecule has 0 spiro atoms. The van der Waals surface area contributed by atoms with Crippen LogP contribution >= 0.6 is 11.6 Å². The maximum absolute atomic E-state index is 12.6. The van der Waals surface area contributed by atoms with Crippen LogP contribution in [0.3, 0.4) is 0 Å². The van der Waals surface area contributed by atoms with Crippen molar-refractivity contribution in [3.05, 3.63) is 70.7 Å². The third-order valence-corrected chi connectivity index (χ3v) is 4.68. The molecular formula is C19H20ClNO2. The van der Waals surface area contributed by atoms with E-state index in [9.17, 15) is 9.90 Å². The van der Waals surface area contributed by atoms with Crippen molar-refractivity contribution in [1.29, 1.82) is 0 Å². The molecule has 0 saturated carbocycles. The lowest BCUT2D eigenvalue weighted by molar-refractivity contribution is 0.0401. The fourth-order valence-electron chi connectivity index (χ4n) is 3.15. The number of amides is 1. The minimum absolute atomic E-state index is 0.00614. The Bertz CT molecular complexity index is 657. The molecule has 2 atom stereocenters. The number of carbonyl (C=O) groups excluding carboxylic acids is 1. The SMILES string of the molecule is O=C(c1ccc(Cl)cc1)N1CCCC([C@@H](O)c2ccccc2)C1. The standard InChI is InChI=1S/C19H20ClNO2/c20-17-10-8-15(9-11-17)19(23)21-12-4-7-16(13-21)18(22)14-5-2-1-3-6-14/h1-3,5-6,8-11,16,18,22H,4,7,12-13H2/t16?,18-/m0/s1. The summed E-state index contributed by atoms with van der Waals surface area (Å²) in [5, 5.41) is 11.2. The number of aliphatic hydroxyl groups excluding tert-OH is 1. The molecular weight excluding hydrogens is 310 g/mol. The van der Waals surface area contributed by atoms with Crippen molar-refractivity contribution in [2.45, 2.75) is 18.9 Å². The van der Waals surface area contributed by atoms with E-state index in [4.69, 9.17) is 11.6 Å². The van der Waals surface area contributed by atoms with Crippen LogP contribution in [0.15, 0.2) is 54.6 Å². The van der Waals surface area contributed by atoms with E-state index in [1.807, 2.05) is 35.2 Å². The Morgan fingerprint density at radius 1 is 1.13 bits per heavy atom. The van der Waals surface area contributed by atoms with Gasteiger partial charge < -0.3 is 10.0 Å². The van der Waals surface area contributed by atoms with Crippen molar-refractivity contribution >= 4 is 17.5 Å². The number of rotatable bonds is 3. The largest absolute Gasteiger partial charge is 0.388 e. The molecule has 3 nitrogen and oxygen atoms in total. The highest BCUT2D eigenvalue weighted by atomic mass is 35.5. The Balaban J connectivity index is 1.70. The second-order valence-corrected chi connectivity index (χ2v) is 6.45. The van der Waals surface area contributed by atoms with Crippen molar-refractivity contribution in [1.82, 2.24) is 4.90 Å². The number of hydrogen-bond acceptors (Lipinski definition) is 2. The lowest BCUT2D eigenvalue weighted by Gasteiger charge is -2.35. The van der Waals surface area contributed by atoms with E-state index in [2.05, 4.69) is 0 Å². The Kier molecular flexibility index (Phi) is 4.99. The molecule has 2 aromatic carbocycles. The van der Waals surface area contributed by atoms with Gasteiger partial charge in [-0.3, -0.25) is 4.79 Å². The minimum Gasteiger partial charge on any atom is -0.388 e. The van der Waals surface area contributed by atoms with Gasteiger partial charge in [0.2, 0.25) is 0 Å². The van der Waals surface area contributed by atoms with Crippen LogP contribution < -0.4 is 0 Å². The van der Waals surface area contributed by atoms with Crippen LogP contribution in [0.4, 0.5) is 0 Å². The number of aliphatic hydroxyl groups is 1. The number of piperidine rings is 1. The van der Waals surface area contributed by atoms with Gasteiger partial charge in [0.15, 0.2) is 0 Å². The summed E-state index contributed by atoms with van der Waals surface area (Å²) in [5.41, 5.74) is 1.56. The molecule has 4 heteroatoms. The Morgan fingerprint density at radius 3 is 2.52 bits per heavy atom. The topological polar surface area (TPSA) is 40.5 Å². The molecule has 0 aromatic heterocycles. The molecule has 0 radical (unpaired) electrons. The quantitative estimate of drug-likeness (QED) is 0.927. The zero-order valence-corrected chi connectivity index (χ0v) is 13.6. The first-order valence-corrected chi connectivity index (χ1v) is 8.31. The van der Waals surface area contributed by atoms with Gasteiger partial charge in [-0.1, -0.05) is 41.9 Å². The highest BCUT2D eigenvalue weighted by Crippen LogP contribution is 2.30. The lowest BCUT2D eigenvalue weighted by Crippen LogP contribution is -2.41. The number of benzene rings is 2. The molecule has 3 rings (SSSR count). The highest BCUT2D eigenvalue weighted by molar-refractivity contribution is 6.30. The number of nitrogens with zero attached hydrogens (tertiary/aromatic N) is 1. The summed E-state index contributed by atoms with van der Waals surface area (Å²) in [6, 6.07) is 16.6. The Morgan fingerprint density at radius 2 is 1.83 bits per heavy atom. The van der Waals surface area contributed by atoms with Crippen LogP contribution in [0.1, 0.15) is 34.9 Å². The molecule has 1 fully saturated rings. The average Bonchev–Trinajstić information content (AvgIpc) is 2.62. The van der Waals surface area contributed by atoms with Crippen LogP contribution in [-0.4, -0.2) is 29.0 Å². The molecule has 0 aliphatic carbocycles. The summed E-state index contributed by atoms with van der Waals surface area (Å²) >= 11 is 5.88. The van der Waals surface area contributed by atoms with Gasteiger partial charge in [-0.15, -0.1) is 0 Å². The lowest BCUT2D eigenvalue weighted by atomic mass is 9.88. The number of halogens is 1. The summed E-state index contributed by atoms with van der Waals surface area (Å²) in [6.07, 6.45) is 1.31. The van der Waals surface area contributed by atoms with E-state index in [0.717, 1.165) is 24.9 Å². The van der Waals surface area contributed by atoms with Gasteiger partial charge in [0, 0.05) is 29.6 Å². The second-order valence-electron chi connectivity index (χ2n) is 6.02. The number of hydrogen-bond donors (Lipinski definition) is 1. The molecule has 1 unspecified atom stereocenters. The van der Waals surface area contributed by atoms with Crippen LogP contribution in [0.2, 0.25) is 5.02 Å². The molecule has 120 valence electrons. The molecule has 0 bridgehead atoms. The van der Waals surface area contributed by atoms with Crippen molar-refractivity contribution in [3.63, 3.8) is 0 Å². The van der Waals surface area contributed by atoms with Gasteiger partial charge in [-0.2, -0.15) is 0 Å². The predicted molar refractivity (Wildman–Crippen MR) is 91.5 cm³/mol. The highest BCUT2D eigenvalue weighted by Gasteiger charge is 2.29. The zero-order chi connectivity index (χ0) is 16.2. The summed E-state index contributed by atoms with van der Waals surface area (Å²) in [5.74, 6) is 0.0778. The van der Waals surface area contributed by atoms with E-state index >= 15 is 0 Å². The van der Waals surface area contributed by atoms with Crippen LogP contribution in [-0.2, 0) is 0 Å². The Hall–Kier alpha value is -1.84. The van der Waals surface area contributed by atoms with Crippen LogP contribution in [0, 0.1) is 5.92 Å². The van der Waals surface area contributed by atoms with Crippen molar-refractivity contribution in [2.24, 2.45) is 5.92 Å². The Labute approximate surface area is 141 Å². The van der Waals surface area contributed by atoms with Crippen LogP contribution in [0.25, 0.3) is 0 Å². The maximum atomic E-state index is 12.6. The van der Waals surface area contributed by atoms with Gasteiger partial charge in [-0.05, 0) is 42.7 Å². The third kappa shape index (κ3) is 3.74. The molecule has 1 aliphatic heterocycles. The molecule has 1 aliphatic rings. The molecule has 1 N–H and O–H groups in total. The first-order chi connectivity index (χ1) is 11.1. The fraction of sp³-hybridized carbons (Fsp3) is 0.316. The smallest absolute Gasteiger partial charge is 0.253 e. The van der Waals surface area contributed by atoms with E-state index < -0.39 is 6.10 Å². The van der Waals surface area contributed by atoms with Crippen molar-refractivity contribution < 1.29 is 9.90 Å². The second kappa shape index (κ2) is 7.16.